The Kier molecular flexibility index (Phi) is 3.20. The smallest absolute Gasteiger partial charge is 0.256 e. The zero-order valence-electron chi connectivity index (χ0n) is 10.8. The summed E-state index contributed by atoms with van der Waals surface area (Å²) in [5.41, 5.74) is 3.15. The second-order valence-corrected chi connectivity index (χ2v) is 4.92. The van der Waals surface area contributed by atoms with Crippen molar-refractivity contribution in [3.05, 3.63) is 58.6 Å². The van der Waals surface area contributed by atoms with Crippen LogP contribution in [0, 0.1) is 0 Å². The number of nitrogens with one attached hydrogen (secondary N) is 1. The molecule has 1 heterocycles. The summed E-state index contributed by atoms with van der Waals surface area (Å²) < 4.78 is 5.18. The highest BCUT2D eigenvalue weighted by Crippen LogP contribution is 2.35. The van der Waals surface area contributed by atoms with Gasteiger partial charge in [0.05, 0.1) is 12.8 Å². The summed E-state index contributed by atoms with van der Waals surface area (Å²) >= 11 is 5.93. The highest BCUT2D eigenvalue weighted by atomic mass is 35.5. The summed E-state index contributed by atoms with van der Waals surface area (Å²) in [6.45, 7) is 0. The normalized spacial score (nSPS) is 15.1. The molecule has 0 atom stereocenters. The highest BCUT2D eigenvalue weighted by Gasteiger charge is 2.23. The van der Waals surface area contributed by atoms with E-state index in [0.29, 0.717) is 10.6 Å². The number of hydrogen-bond acceptors (Lipinski definition) is 2. The number of rotatable bonds is 2. The van der Waals surface area contributed by atoms with Crippen molar-refractivity contribution in [1.29, 1.82) is 0 Å². The second-order valence-electron chi connectivity index (χ2n) is 4.48. The Morgan fingerprint density at radius 3 is 2.85 bits per heavy atom. The van der Waals surface area contributed by atoms with Gasteiger partial charge in [-0.15, -0.1) is 0 Å². The molecule has 0 saturated heterocycles. The number of methoxy groups -OCH3 is 1. The van der Waals surface area contributed by atoms with Crippen LogP contribution in [0.4, 0.5) is 5.69 Å². The Labute approximate surface area is 121 Å². The Balaban J connectivity index is 2.06. The molecule has 2 aromatic carbocycles. The first-order valence-corrected chi connectivity index (χ1v) is 6.52. The second kappa shape index (κ2) is 5.02. The Morgan fingerprint density at radius 1 is 1.20 bits per heavy atom. The van der Waals surface area contributed by atoms with Crippen LogP contribution in [-0.4, -0.2) is 13.0 Å². The van der Waals surface area contributed by atoms with Crippen molar-refractivity contribution >= 4 is 34.8 Å². The quantitative estimate of drug-likeness (QED) is 0.851. The number of hydrogen-bond donors (Lipinski definition) is 1. The molecular formula is C16H12ClNO2. The van der Waals surface area contributed by atoms with Crippen LogP contribution in [0.5, 0.6) is 5.75 Å². The van der Waals surface area contributed by atoms with Crippen LogP contribution in [0.15, 0.2) is 42.5 Å². The molecule has 3 rings (SSSR count). The molecule has 1 N–H and O–H groups in total. The van der Waals surface area contributed by atoms with Crippen LogP contribution < -0.4 is 10.1 Å². The van der Waals surface area contributed by atoms with Gasteiger partial charge in [-0.25, -0.2) is 0 Å². The van der Waals surface area contributed by atoms with Gasteiger partial charge in [-0.2, -0.15) is 0 Å². The molecule has 0 unspecified atom stereocenters. The molecule has 0 spiro atoms. The van der Waals surface area contributed by atoms with Gasteiger partial charge in [0.2, 0.25) is 0 Å². The van der Waals surface area contributed by atoms with Crippen molar-refractivity contribution in [3.63, 3.8) is 0 Å². The predicted octanol–water partition coefficient (Wildman–Crippen LogP) is 3.84. The summed E-state index contributed by atoms with van der Waals surface area (Å²) in [5, 5.41) is 3.42. The summed E-state index contributed by atoms with van der Waals surface area (Å²) in [6.07, 6.45) is 1.84. The van der Waals surface area contributed by atoms with Gasteiger partial charge in [0.1, 0.15) is 5.75 Å². The molecule has 20 heavy (non-hydrogen) atoms. The lowest BCUT2D eigenvalue weighted by molar-refractivity contribution is -0.110. The molecule has 1 amide bonds. The van der Waals surface area contributed by atoms with Gasteiger partial charge in [0.25, 0.3) is 5.91 Å². The summed E-state index contributed by atoms with van der Waals surface area (Å²) in [4.78, 5) is 12.0. The molecule has 100 valence electrons. The summed E-state index contributed by atoms with van der Waals surface area (Å²) in [6, 6.07) is 12.9. The molecule has 1 aliphatic heterocycles. The number of ether oxygens (including phenoxy) is 1. The van der Waals surface area contributed by atoms with E-state index in [1.54, 1.807) is 19.2 Å². The monoisotopic (exact) mass is 285 g/mol. The van der Waals surface area contributed by atoms with E-state index in [0.717, 1.165) is 22.6 Å². The van der Waals surface area contributed by atoms with Crippen LogP contribution in [0.3, 0.4) is 0 Å². The van der Waals surface area contributed by atoms with E-state index < -0.39 is 0 Å². The molecule has 0 aliphatic carbocycles. The van der Waals surface area contributed by atoms with Crippen molar-refractivity contribution in [1.82, 2.24) is 0 Å². The van der Waals surface area contributed by atoms with Crippen LogP contribution >= 0.6 is 11.6 Å². The Hall–Kier alpha value is -2.26. The standard InChI is InChI=1S/C16H12ClNO2/c1-20-12-4-2-3-10(7-12)8-14-13-6-5-11(17)9-15(13)18-16(14)19/h2-9H,1H3,(H,18,19)/b14-8-. The number of amides is 1. The van der Waals surface area contributed by atoms with Crippen LogP contribution in [0.1, 0.15) is 11.1 Å². The van der Waals surface area contributed by atoms with Crippen molar-refractivity contribution in [2.24, 2.45) is 0 Å². The van der Waals surface area contributed by atoms with Gasteiger partial charge < -0.3 is 10.1 Å². The Morgan fingerprint density at radius 2 is 2.05 bits per heavy atom. The third-order valence-electron chi connectivity index (χ3n) is 3.17. The fourth-order valence-electron chi connectivity index (χ4n) is 2.21. The van der Waals surface area contributed by atoms with Crippen molar-refractivity contribution in [3.8, 4) is 5.75 Å². The fraction of sp³-hybridized carbons (Fsp3) is 0.0625. The molecule has 0 bridgehead atoms. The van der Waals surface area contributed by atoms with Gasteiger partial charge in [0.15, 0.2) is 0 Å². The minimum absolute atomic E-state index is 0.120. The van der Waals surface area contributed by atoms with Gasteiger partial charge in [0, 0.05) is 16.2 Å². The van der Waals surface area contributed by atoms with E-state index in [9.17, 15) is 4.79 Å². The number of fused-ring (bicyclic) bond motifs is 1. The molecular weight excluding hydrogens is 274 g/mol. The molecule has 0 aromatic heterocycles. The van der Waals surface area contributed by atoms with Crippen molar-refractivity contribution in [2.45, 2.75) is 0 Å². The third kappa shape index (κ3) is 2.28. The molecule has 4 heteroatoms. The predicted molar refractivity (Wildman–Crippen MR) is 80.9 cm³/mol. The van der Waals surface area contributed by atoms with E-state index in [4.69, 9.17) is 16.3 Å². The van der Waals surface area contributed by atoms with Crippen molar-refractivity contribution in [2.75, 3.05) is 12.4 Å². The van der Waals surface area contributed by atoms with Crippen molar-refractivity contribution < 1.29 is 9.53 Å². The topological polar surface area (TPSA) is 38.3 Å². The lowest BCUT2D eigenvalue weighted by Crippen LogP contribution is -2.03. The zero-order valence-corrected chi connectivity index (χ0v) is 11.6. The molecule has 0 fully saturated rings. The van der Waals surface area contributed by atoms with E-state index in [-0.39, 0.29) is 5.91 Å². The largest absolute Gasteiger partial charge is 0.497 e. The zero-order chi connectivity index (χ0) is 14.1. The third-order valence-corrected chi connectivity index (χ3v) is 3.40. The van der Waals surface area contributed by atoms with Crippen LogP contribution in [0.25, 0.3) is 11.6 Å². The van der Waals surface area contributed by atoms with E-state index in [1.807, 2.05) is 36.4 Å². The first kappa shape index (κ1) is 12.8. The number of halogens is 1. The highest BCUT2D eigenvalue weighted by molar-refractivity contribution is 6.36. The van der Waals surface area contributed by atoms with E-state index in [2.05, 4.69) is 5.32 Å². The van der Waals surface area contributed by atoms with Gasteiger partial charge in [-0.05, 0) is 35.9 Å². The number of anilines is 1. The first-order chi connectivity index (χ1) is 9.67. The molecule has 0 radical (unpaired) electrons. The van der Waals surface area contributed by atoms with Crippen LogP contribution in [0.2, 0.25) is 5.02 Å². The van der Waals surface area contributed by atoms with E-state index >= 15 is 0 Å². The molecule has 3 nitrogen and oxygen atoms in total. The van der Waals surface area contributed by atoms with E-state index in [1.165, 1.54) is 0 Å². The molecule has 1 aliphatic rings. The van der Waals surface area contributed by atoms with Gasteiger partial charge in [-0.3, -0.25) is 4.79 Å². The average Bonchev–Trinajstić information content (AvgIpc) is 2.74. The maximum absolute atomic E-state index is 12.0. The number of carbonyl (C=O) groups excluding carboxylic acids is 1. The Bertz CT molecular complexity index is 722. The minimum atomic E-state index is -0.120. The minimum Gasteiger partial charge on any atom is -0.497 e. The number of carbonyl (C=O) groups is 1. The fourth-order valence-corrected chi connectivity index (χ4v) is 2.38. The maximum atomic E-state index is 12.0. The lowest BCUT2D eigenvalue weighted by atomic mass is 10.0. The lowest BCUT2D eigenvalue weighted by Gasteiger charge is -2.02. The first-order valence-electron chi connectivity index (χ1n) is 6.14. The molecule has 0 saturated carbocycles. The number of benzene rings is 2. The SMILES string of the molecule is COc1cccc(/C=C2\C(=O)Nc3cc(Cl)ccc32)c1. The molecule has 2 aromatic rings. The summed E-state index contributed by atoms with van der Waals surface area (Å²) in [7, 11) is 1.62. The van der Waals surface area contributed by atoms with Gasteiger partial charge >= 0.3 is 0 Å². The average molecular weight is 286 g/mol. The maximum Gasteiger partial charge on any atom is 0.256 e. The van der Waals surface area contributed by atoms with Gasteiger partial charge in [-0.1, -0.05) is 29.8 Å². The van der Waals surface area contributed by atoms with Crippen LogP contribution in [-0.2, 0) is 4.79 Å². The summed E-state index contributed by atoms with van der Waals surface area (Å²) in [5.74, 6) is 0.638.